The highest BCUT2D eigenvalue weighted by Crippen LogP contribution is 2.20. The molecule has 1 aromatic carbocycles. The summed E-state index contributed by atoms with van der Waals surface area (Å²) in [6.45, 7) is 2.61. The molecule has 1 atom stereocenters. The molecule has 1 aromatic rings. The van der Waals surface area contributed by atoms with Crippen molar-refractivity contribution in [1.82, 2.24) is 9.62 Å². The molecule has 0 aliphatic carbocycles. The second-order valence-corrected chi connectivity index (χ2v) is 8.57. The molecule has 2 fully saturated rings. The monoisotopic (exact) mass is 377 g/mol. The molecule has 0 bridgehead atoms. The number of rotatable bonds is 5. The van der Waals surface area contributed by atoms with E-state index in [1.165, 1.54) is 12.1 Å². The van der Waals surface area contributed by atoms with Crippen molar-refractivity contribution >= 4 is 15.9 Å². The zero-order valence-electron chi connectivity index (χ0n) is 14.6. The van der Waals surface area contributed by atoms with E-state index in [-0.39, 0.29) is 22.6 Å². The molecular weight excluding hydrogens is 354 g/mol. The summed E-state index contributed by atoms with van der Waals surface area (Å²) in [4.78, 5) is 14.4. The van der Waals surface area contributed by atoms with Gasteiger partial charge in [-0.05, 0) is 43.4 Å². The maximum absolute atomic E-state index is 12.7. The third kappa shape index (κ3) is 4.41. The Hall–Kier alpha value is -1.95. The van der Waals surface area contributed by atoms with Crippen molar-refractivity contribution in [3.63, 3.8) is 0 Å². The summed E-state index contributed by atoms with van der Waals surface area (Å²) in [6.07, 6.45) is 2.16. The van der Waals surface area contributed by atoms with Gasteiger partial charge in [-0.1, -0.05) is 6.07 Å². The Morgan fingerprint density at radius 1 is 1.31 bits per heavy atom. The molecule has 1 amide bonds. The Morgan fingerprint density at radius 3 is 2.73 bits per heavy atom. The summed E-state index contributed by atoms with van der Waals surface area (Å²) in [7, 11) is -3.67. The lowest BCUT2D eigenvalue weighted by atomic mass is 9.98. The van der Waals surface area contributed by atoms with E-state index in [9.17, 15) is 13.2 Å². The molecule has 1 N–H and O–H groups in total. The first kappa shape index (κ1) is 18.8. The third-order valence-electron chi connectivity index (χ3n) is 4.94. The van der Waals surface area contributed by atoms with Crippen LogP contribution in [0.5, 0.6) is 0 Å². The number of amides is 1. The molecule has 2 heterocycles. The van der Waals surface area contributed by atoms with Crippen molar-refractivity contribution in [3.05, 3.63) is 29.8 Å². The highest BCUT2D eigenvalue weighted by Gasteiger charge is 2.25. The van der Waals surface area contributed by atoms with Gasteiger partial charge in [-0.3, -0.25) is 4.79 Å². The van der Waals surface area contributed by atoms with Gasteiger partial charge in [0.2, 0.25) is 10.0 Å². The average molecular weight is 377 g/mol. The molecule has 26 heavy (non-hydrogen) atoms. The molecule has 7 nitrogen and oxygen atoms in total. The Morgan fingerprint density at radius 2 is 2.08 bits per heavy atom. The fourth-order valence-corrected chi connectivity index (χ4v) is 4.41. The molecule has 2 saturated heterocycles. The minimum Gasteiger partial charge on any atom is -0.381 e. The number of carbonyl (C=O) groups excluding carboxylic acids is 1. The van der Waals surface area contributed by atoms with E-state index >= 15 is 0 Å². The van der Waals surface area contributed by atoms with Crippen LogP contribution in [0.1, 0.15) is 29.6 Å². The fourth-order valence-electron chi connectivity index (χ4n) is 3.25. The molecule has 0 saturated carbocycles. The van der Waals surface area contributed by atoms with Gasteiger partial charge in [0, 0.05) is 37.7 Å². The first-order valence-corrected chi connectivity index (χ1v) is 10.3. The molecule has 0 spiro atoms. The number of hydrogen-bond acceptors (Lipinski definition) is 5. The van der Waals surface area contributed by atoms with Crippen LogP contribution in [-0.2, 0) is 14.8 Å². The number of nitrogens with zero attached hydrogens (tertiary/aromatic N) is 2. The van der Waals surface area contributed by atoms with Crippen LogP contribution in [0.15, 0.2) is 29.2 Å². The second-order valence-electron chi connectivity index (χ2n) is 6.80. The van der Waals surface area contributed by atoms with E-state index in [1.807, 2.05) is 0 Å². The largest absolute Gasteiger partial charge is 0.381 e. The molecule has 2 aliphatic rings. The van der Waals surface area contributed by atoms with Crippen molar-refractivity contribution in [2.24, 2.45) is 11.8 Å². The van der Waals surface area contributed by atoms with E-state index in [0.29, 0.717) is 51.3 Å². The molecule has 2 aliphatic heterocycles. The highest BCUT2D eigenvalue weighted by molar-refractivity contribution is 7.89. The van der Waals surface area contributed by atoms with E-state index < -0.39 is 10.0 Å². The number of hydrogen-bond donors (Lipinski definition) is 1. The van der Waals surface area contributed by atoms with Crippen molar-refractivity contribution in [2.75, 3.05) is 32.8 Å². The molecule has 140 valence electrons. The lowest BCUT2D eigenvalue weighted by molar-refractivity contribution is 0.0707. The SMILES string of the molecule is N#CC1CCN(C(=O)c2cccc(S(=O)(=O)NC[C@@H]3CCOC3)c2)CC1. The predicted octanol–water partition coefficient (Wildman–Crippen LogP) is 1.38. The van der Waals surface area contributed by atoms with E-state index in [0.717, 1.165) is 6.42 Å². The van der Waals surface area contributed by atoms with E-state index in [2.05, 4.69) is 10.8 Å². The topological polar surface area (TPSA) is 99.5 Å². The Kier molecular flexibility index (Phi) is 5.91. The summed E-state index contributed by atoms with van der Waals surface area (Å²) < 4.78 is 32.9. The van der Waals surface area contributed by atoms with Crippen molar-refractivity contribution < 1.29 is 17.9 Å². The third-order valence-corrected chi connectivity index (χ3v) is 6.36. The molecule has 8 heteroatoms. The number of carbonyl (C=O) groups is 1. The Labute approximate surface area is 154 Å². The number of ether oxygens (including phenoxy) is 1. The minimum atomic E-state index is -3.67. The van der Waals surface area contributed by atoms with Gasteiger partial charge in [-0.2, -0.15) is 5.26 Å². The highest BCUT2D eigenvalue weighted by atomic mass is 32.2. The summed E-state index contributed by atoms with van der Waals surface area (Å²) in [6, 6.07) is 8.36. The van der Waals surface area contributed by atoms with E-state index in [4.69, 9.17) is 10.00 Å². The fraction of sp³-hybridized carbons (Fsp3) is 0.556. The zero-order chi connectivity index (χ0) is 18.6. The van der Waals surface area contributed by atoms with Crippen molar-refractivity contribution in [3.8, 4) is 6.07 Å². The van der Waals surface area contributed by atoms with Gasteiger partial charge in [0.25, 0.3) is 5.91 Å². The smallest absolute Gasteiger partial charge is 0.253 e. The molecular formula is C18H23N3O4S. The maximum atomic E-state index is 12.7. The molecule has 0 unspecified atom stereocenters. The molecule has 3 rings (SSSR count). The minimum absolute atomic E-state index is 0.00507. The van der Waals surface area contributed by atoms with Crippen molar-refractivity contribution in [2.45, 2.75) is 24.2 Å². The predicted molar refractivity (Wildman–Crippen MR) is 94.8 cm³/mol. The van der Waals surface area contributed by atoms with Gasteiger partial charge in [0.15, 0.2) is 0 Å². The summed E-state index contributed by atoms with van der Waals surface area (Å²) in [5.74, 6) is -0.00631. The van der Waals surface area contributed by atoms with E-state index in [1.54, 1.807) is 17.0 Å². The van der Waals surface area contributed by atoms with Crippen LogP contribution < -0.4 is 4.72 Å². The van der Waals surface area contributed by atoms with Crippen LogP contribution >= 0.6 is 0 Å². The maximum Gasteiger partial charge on any atom is 0.253 e. The van der Waals surface area contributed by atoms with Crippen LogP contribution in [0.3, 0.4) is 0 Å². The van der Waals surface area contributed by atoms with Gasteiger partial charge in [-0.15, -0.1) is 0 Å². The standard InChI is InChI=1S/C18H23N3O4S/c19-11-14-4-7-21(8-5-14)18(22)16-2-1-3-17(10-16)26(23,24)20-12-15-6-9-25-13-15/h1-3,10,14-15,20H,4-9,12-13H2/t15-/m0/s1. The second kappa shape index (κ2) is 8.16. The number of benzene rings is 1. The van der Waals surface area contributed by atoms with Gasteiger partial charge < -0.3 is 9.64 Å². The lowest BCUT2D eigenvalue weighted by Crippen LogP contribution is -2.38. The number of piperidine rings is 1. The summed E-state index contributed by atoms with van der Waals surface area (Å²) >= 11 is 0. The van der Waals surface area contributed by atoms with Gasteiger partial charge in [-0.25, -0.2) is 13.1 Å². The Bertz CT molecular complexity index is 789. The lowest BCUT2D eigenvalue weighted by Gasteiger charge is -2.29. The van der Waals surface area contributed by atoms with Crippen LogP contribution in [0.4, 0.5) is 0 Å². The van der Waals surface area contributed by atoms with Crippen LogP contribution in [0.25, 0.3) is 0 Å². The molecule has 0 aromatic heterocycles. The van der Waals surface area contributed by atoms with Crippen LogP contribution in [0.2, 0.25) is 0 Å². The molecule has 0 radical (unpaired) electrons. The van der Waals surface area contributed by atoms with Gasteiger partial charge in [0.05, 0.1) is 17.6 Å². The quantitative estimate of drug-likeness (QED) is 0.836. The zero-order valence-corrected chi connectivity index (χ0v) is 15.4. The number of sulfonamides is 1. The first-order valence-electron chi connectivity index (χ1n) is 8.86. The average Bonchev–Trinajstić information content (AvgIpc) is 3.20. The number of likely N-dealkylation sites (tertiary alicyclic amines) is 1. The van der Waals surface area contributed by atoms with Gasteiger partial charge in [0.1, 0.15) is 0 Å². The number of nitrogens with one attached hydrogen (secondary N) is 1. The Balaban J connectivity index is 1.67. The normalized spacial score (nSPS) is 21.5. The first-order chi connectivity index (χ1) is 12.5. The summed E-state index contributed by atoms with van der Waals surface area (Å²) in [5.41, 5.74) is 0.354. The van der Waals surface area contributed by atoms with Crippen LogP contribution in [-0.4, -0.2) is 52.1 Å². The number of nitriles is 1. The van der Waals surface area contributed by atoms with Crippen molar-refractivity contribution in [1.29, 1.82) is 5.26 Å². The van der Waals surface area contributed by atoms with Gasteiger partial charge >= 0.3 is 0 Å². The van der Waals surface area contributed by atoms with Crippen LogP contribution in [0, 0.1) is 23.2 Å². The summed E-state index contributed by atoms with van der Waals surface area (Å²) in [5, 5.41) is 8.95.